The molecule has 2 nitrogen and oxygen atoms in total. The molecule has 1 atom stereocenters. The summed E-state index contributed by atoms with van der Waals surface area (Å²) in [4.78, 5) is 0. The van der Waals surface area contributed by atoms with E-state index in [-0.39, 0.29) is 0 Å². The summed E-state index contributed by atoms with van der Waals surface area (Å²) in [5.41, 5.74) is 1.34. The summed E-state index contributed by atoms with van der Waals surface area (Å²) >= 11 is 0. The van der Waals surface area contributed by atoms with Gasteiger partial charge in [0.05, 0.1) is 6.26 Å². The number of benzene rings is 2. The van der Waals surface area contributed by atoms with Crippen LogP contribution in [0.5, 0.6) is 0 Å². The molecular weight excluding hydrogens is 246 g/mol. The Bertz CT molecular complexity index is 667. The van der Waals surface area contributed by atoms with Gasteiger partial charge in [-0.05, 0) is 35.4 Å². The van der Waals surface area contributed by atoms with Crippen LogP contribution in [-0.2, 0) is 13.0 Å². The van der Waals surface area contributed by atoms with Gasteiger partial charge in [0.25, 0.3) is 0 Å². The van der Waals surface area contributed by atoms with Crippen LogP contribution in [0.3, 0.4) is 0 Å². The Morgan fingerprint density at radius 2 is 1.85 bits per heavy atom. The van der Waals surface area contributed by atoms with E-state index in [4.69, 9.17) is 4.42 Å². The first-order chi connectivity index (χ1) is 9.83. The summed E-state index contributed by atoms with van der Waals surface area (Å²) in [5.74, 6) is 1.03. The van der Waals surface area contributed by atoms with E-state index in [0.29, 0.717) is 6.04 Å². The second-order valence-corrected chi connectivity index (χ2v) is 5.20. The third-order valence-electron chi connectivity index (χ3n) is 3.61. The van der Waals surface area contributed by atoms with Crippen molar-refractivity contribution in [1.82, 2.24) is 5.32 Å². The SMILES string of the molecule is CC(Cc1ccco1)NCc1cccc2ccccc12. The van der Waals surface area contributed by atoms with Crippen molar-refractivity contribution in [3.8, 4) is 0 Å². The Balaban J connectivity index is 1.67. The van der Waals surface area contributed by atoms with Crippen molar-refractivity contribution >= 4 is 10.8 Å². The molecule has 1 unspecified atom stereocenters. The lowest BCUT2D eigenvalue weighted by atomic mass is 10.0. The first-order valence-corrected chi connectivity index (χ1v) is 7.05. The number of rotatable bonds is 5. The molecule has 2 heteroatoms. The van der Waals surface area contributed by atoms with E-state index in [2.05, 4.69) is 54.7 Å². The molecule has 0 aliphatic carbocycles. The van der Waals surface area contributed by atoms with Crippen molar-refractivity contribution in [3.63, 3.8) is 0 Å². The zero-order valence-corrected chi connectivity index (χ0v) is 11.7. The average Bonchev–Trinajstić information content (AvgIpc) is 2.98. The first-order valence-electron chi connectivity index (χ1n) is 7.05. The molecule has 0 aliphatic rings. The molecule has 2 aromatic carbocycles. The molecule has 1 N–H and O–H groups in total. The van der Waals surface area contributed by atoms with Crippen LogP contribution in [0.4, 0.5) is 0 Å². The summed E-state index contributed by atoms with van der Waals surface area (Å²) in [7, 11) is 0. The fourth-order valence-corrected chi connectivity index (χ4v) is 2.53. The topological polar surface area (TPSA) is 25.2 Å². The second kappa shape index (κ2) is 5.93. The van der Waals surface area contributed by atoms with E-state index in [1.165, 1.54) is 16.3 Å². The van der Waals surface area contributed by atoms with Gasteiger partial charge in [0, 0.05) is 19.0 Å². The third kappa shape index (κ3) is 2.91. The van der Waals surface area contributed by atoms with Crippen LogP contribution in [0.25, 0.3) is 10.8 Å². The standard InChI is InChI=1S/C18H19NO/c1-14(12-17-9-5-11-20-17)19-13-16-8-4-7-15-6-2-3-10-18(15)16/h2-11,14,19H,12-13H2,1H3. The lowest BCUT2D eigenvalue weighted by molar-refractivity contribution is 0.457. The van der Waals surface area contributed by atoms with Gasteiger partial charge in [0.15, 0.2) is 0 Å². The van der Waals surface area contributed by atoms with Crippen LogP contribution < -0.4 is 5.32 Å². The van der Waals surface area contributed by atoms with Crippen LogP contribution in [0, 0.1) is 0 Å². The van der Waals surface area contributed by atoms with Crippen molar-refractivity contribution in [3.05, 3.63) is 72.2 Å². The van der Waals surface area contributed by atoms with E-state index in [9.17, 15) is 0 Å². The molecule has 0 aliphatic heterocycles. The van der Waals surface area contributed by atoms with Gasteiger partial charge in [-0.15, -0.1) is 0 Å². The summed E-state index contributed by atoms with van der Waals surface area (Å²) in [6.45, 7) is 3.07. The van der Waals surface area contributed by atoms with Crippen LogP contribution in [0.1, 0.15) is 18.2 Å². The van der Waals surface area contributed by atoms with Gasteiger partial charge in [0.1, 0.15) is 5.76 Å². The summed E-state index contributed by atoms with van der Waals surface area (Å²) in [5, 5.41) is 6.19. The highest BCUT2D eigenvalue weighted by Crippen LogP contribution is 2.18. The highest BCUT2D eigenvalue weighted by Gasteiger charge is 2.06. The molecule has 0 amide bonds. The van der Waals surface area contributed by atoms with Crippen LogP contribution in [-0.4, -0.2) is 6.04 Å². The second-order valence-electron chi connectivity index (χ2n) is 5.20. The van der Waals surface area contributed by atoms with Crippen molar-refractivity contribution in [2.24, 2.45) is 0 Å². The van der Waals surface area contributed by atoms with E-state index in [1.807, 2.05) is 12.1 Å². The highest BCUT2D eigenvalue weighted by molar-refractivity contribution is 5.85. The monoisotopic (exact) mass is 265 g/mol. The zero-order chi connectivity index (χ0) is 13.8. The summed E-state index contributed by atoms with van der Waals surface area (Å²) in [6.07, 6.45) is 2.64. The predicted octanol–water partition coefficient (Wildman–Crippen LogP) is 4.15. The maximum Gasteiger partial charge on any atom is 0.105 e. The Morgan fingerprint density at radius 1 is 1.00 bits per heavy atom. The van der Waals surface area contributed by atoms with Crippen molar-refractivity contribution in [2.75, 3.05) is 0 Å². The van der Waals surface area contributed by atoms with Gasteiger partial charge in [-0.1, -0.05) is 42.5 Å². The fraction of sp³-hybridized carbons (Fsp3) is 0.222. The summed E-state index contributed by atoms with van der Waals surface area (Å²) < 4.78 is 5.39. The molecule has 0 spiro atoms. The molecule has 0 fully saturated rings. The molecule has 0 bridgehead atoms. The van der Waals surface area contributed by atoms with E-state index < -0.39 is 0 Å². The number of hydrogen-bond donors (Lipinski definition) is 1. The van der Waals surface area contributed by atoms with Gasteiger partial charge in [-0.2, -0.15) is 0 Å². The lowest BCUT2D eigenvalue weighted by Crippen LogP contribution is -2.27. The third-order valence-corrected chi connectivity index (χ3v) is 3.61. The van der Waals surface area contributed by atoms with Crippen molar-refractivity contribution in [1.29, 1.82) is 0 Å². The van der Waals surface area contributed by atoms with Crippen molar-refractivity contribution < 1.29 is 4.42 Å². The maximum absolute atomic E-state index is 5.39. The molecule has 3 rings (SSSR count). The van der Waals surface area contributed by atoms with Crippen molar-refractivity contribution in [2.45, 2.75) is 25.9 Å². The molecule has 20 heavy (non-hydrogen) atoms. The zero-order valence-electron chi connectivity index (χ0n) is 11.7. The fourth-order valence-electron chi connectivity index (χ4n) is 2.53. The quantitative estimate of drug-likeness (QED) is 0.749. The van der Waals surface area contributed by atoms with Gasteiger partial charge in [-0.25, -0.2) is 0 Å². The Labute approximate surface area is 119 Å². The first kappa shape index (κ1) is 12.9. The molecule has 3 aromatic rings. The normalized spacial score (nSPS) is 12.7. The minimum Gasteiger partial charge on any atom is -0.469 e. The molecule has 0 saturated heterocycles. The molecule has 0 radical (unpaired) electrons. The number of hydrogen-bond acceptors (Lipinski definition) is 2. The molecule has 1 heterocycles. The van der Waals surface area contributed by atoms with Crippen LogP contribution in [0.15, 0.2) is 65.3 Å². The average molecular weight is 265 g/mol. The number of furan rings is 1. The predicted molar refractivity (Wildman–Crippen MR) is 82.7 cm³/mol. The van der Waals surface area contributed by atoms with Crippen LogP contribution >= 0.6 is 0 Å². The van der Waals surface area contributed by atoms with Gasteiger partial charge < -0.3 is 9.73 Å². The smallest absolute Gasteiger partial charge is 0.105 e. The minimum atomic E-state index is 0.389. The summed E-state index contributed by atoms with van der Waals surface area (Å²) in [6, 6.07) is 19.3. The Hall–Kier alpha value is -2.06. The maximum atomic E-state index is 5.39. The Morgan fingerprint density at radius 3 is 2.70 bits per heavy atom. The molecule has 0 saturated carbocycles. The molecular formula is C18H19NO. The van der Waals surface area contributed by atoms with Gasteiger partial charge in [-0.3, -0.25) is 0 Å². The van der Waals surface area contributed by atoms with Gasteiger partial charge in [0.2, 0.25) is 0 Å². The molecule has 102 valence electrons. The van der Waals surface area contributed by atoms with E-state index in [1.54, 1.807) is 6.26 Å². The molecule has 1 aromatic heterocycles. The van der Waals surface area contributed by atoms with E-state index >= 15 is 0 Å². The lowest BCUT2D eigenvalue weighted by Gasteiger charge is -2.14. The van der Waals surface area contributed by atoms with Gasteiger partial charge >= 0.3 is 0 Å². The van der Waals surface area contributed by atoms with E-state index in [0.717, 1.165) is 18.7 Å². The number of fused-ring (bicyclic) bond motifs is 1. The van der Waals surface area contributed by atoms with Crippen LogP contribution in [0.2, 0.25) is 0 Å². The largest absolute Gasteiger partial charge is 0.469 e. The minimum absolute atomic E-state index is 0.389. The highest BCUT2D eigenvalue weighted by atomic mass is 16.3. The number of nitrogens with one attached hydrogen (secondary N) is 1. The Kier molecular flexibility index (Phi) is 3.84.